The van der Waals surface area contributed by atoms with E-state index >= 15 is 0 Å². The van der Waals surface area contributed by atoms with Crippen LogP contribution >= 0.6 is 0 Å². The van der Waals surface area contributed by atoms with E-state index in [4.69, 9.17) is 5.11 Å². The SMILES string of the molecule is O=C1C(O)CN1[Si]. The van der Waals surface area contributed by atoms with Gasteiger partial charge in [0.15, 0.2) is 10.4 Å². The molecule has 1 saturated heterocycles. The molecule has 1 rings (SSSR count). The molecule has 0 saturated carbocycles. The summed E-state index contributed by atoms with van der Waals surface area (Å²) in [4.78, 5) is 10.2. The quantitative estimate of drug-likeness (QED) is 0.300. The Balaban J connectivity index is 2.44. The fourth-order valence-electron chi connectivity index (χ4n) is 0.408. The monoisotopic (exact) mass is 114 g/mol. The van der Waals surface area contributed by atoms with Gasteiger partial charge in [-0.3, -0.25) is 4.79 Å². The van der Waals surface area contributed by atoms with Gasteiger partial charge in [-0.2, -0.15) is 0 Å². The van der Waals surface area contributed by atoms with Gasteiger partial charge in [-0.1, -0.05) is 0 Å². The van der Waals surface area contributed by atoms with Gasteiger partial charge in [0.2, 0.25) is 5.91 Å². The zero-order chi connectivity index (χ0) is 5.44. The first-order valence-corrected chi connectivity index (χ1v) is 2.37. The van der Waals surface area contributed by atoms with Crippen LogP contribution in [0.1, 0.15) is 0 Å². The number of hydrogen-bond acceptors (Lipinski definition) is 2. The molecule has 0 aromatic heterocycles. The molecule has 0 spiro atoms. The maximum absolute atomic E-state index is 10.2. The molecule has 1 amide bonds. The summed E-state index contributed by atoms with van der Waals surface area (Å²) in [5.41, 5.74) is 0. The summed E-state index contributed by atoms with van der Waals surface area (Å²) in [7, 11) is 2.94. The van der Waals surface area contributed by atoms with Crippen molar-refractivity contribution in [1.29, 1.82) is 0 Å². The van der Waals surface area contributed by atoms with E-state index in [1.54, 1.807) is 0 Å². The minimum Gasteiger partial charge on any atom is -0.381 e. The molecular formula is C3H4NO2Si. The van der Waals surface area contributed by atoms with Gasteiger partial charge in [-0.25, -0.2) is 0 Å². The summed E-state index contributed by atoms with van der Waals surface area (Å²) in [6.45, 7) is 0.412. The Morgan fingerprint density at radius 3 is 2.57 bits per heavy atom. The summed E-state index contributed by atoms with van der Waals surface area (Å²) < 4.78 is 1.28. The maximum atomic E-state index is 10.2. The first-order chi connectivity index (χ1) is 3.22. The molecule has 7 heavy (non-hydrogen) atoms. The number of aliphatic hydroxyl groups excluding tert-OH is 1. The average molecular weight is 114 g/mol. The normalized spacial score (nSPS) is 30.3. The van der Waals surface area contributed by atoms with Gasteiger partial charge >= 0.3 is 0 Å². The summed E-state index contributed by atoms with van der Waals surface area (Å²) >= 11 is 0. The second-order valence-electron chi connectivity index (χ2n) is 1.46. The first kappa shape index (κ1) is 4.80. The molecule has 4 heteroatoms. The van der Waals surface area contributed by atoms with E-state index in [2.05, 4.69) is 10.4 Å². The number of β-lactam (4-membered cyclic amide) rings is 1. The Hall–Kier alpha value is -0.353. The third-order valence-electron chi connectivity index (χ3n) is 0.907. The van der Waals surface area contributed by atoms with Gasteiger partial charge < -0.3 is 9.67 Å². The summed E-state index contributed by atoms with van der Waals surface area (Å²) in [5, 5.41) is 8.46. The molecule has 3 nitrogen and oxygen atoms in total. The fraction of sp³-hybridized carbons (Fsp3) is 0.667. The number of β-amino-alcohol motifs (C(OH)–C–C–N with tert-alkyl or cyclic N) is 1. The van der Waals surface area contributed by atoms with E-state index in [9.17, 15) is 4.79 Å². The van der Waals surface area contributed by atoms with E-state index in [-0.39, 0.29) is 5.91 Å². The lowest BCUT2D eigenvalue weighted by molar-refractivity contribution is -0.147. The molecule has 1 aliphatic rings. The molecule has 0 aromatic carbocycles. The van der Waals surface area contributed by atoms with Crippen molar-refractivity contribution in [3.63, 3.8) is 0 Å². The Labute approximate surface area is 44.4 Å². The van der Waals surface area contributed by atoms with E-state index < -0.39 is 6.10 Å². The van der Waals surface area contributed by atoms with E-state index in [1.165, 1.54) is 4.57 Å². The first-order valence-electron chi connectivity index (χ1n) is 1.92. The smallest absolute Gasteiger partial charge is 0.245 e. The maximum Gasteiger partial charge on any atom is 0.245 e. The molecule has 1 atom stereocenters. The number of carbonyl (C=O) groups excluding carboxylic acids is 1. The van der Waals surface area contributed by atoms with E-state index in [1.807, 2.05) is 0 Å². The number of nitrogens with zero attached hydrogens (tertiary/aromatic N) is 1. The lowest BCUT2D eigenvalue weighted by Gasteiger charge is -2.31. The van der Waals surface area contributed by atoms with Crippen LogP contribution in [0.5, 0.6) is 0 Å². The van der Waals surface area contributed by atoms with Crippen LogP contribution in [0.3, 0.4) is 0 Å². The van der Waals surface area contributed by atoms with Crippen LogP contribution in [0.25, 0.3) is 0 Å². The van der Waals surface area contributed by atoms with Crippen LogP contribution in [0.2, 0.25) is 0 Å². The second-order valence-corrected chi connectivity index (χ2v) is 2.00. The zero-order valence-corrected chi connectivity index (χ0v) is 4.59. The second kappa shape index (κ2) is 1.31. The highest BCUT2D eigenvalue weighted by molar-refractivity contribution is 6.17. The molecule has 1 fully saturated rings. The molecule has 1 N–H and O–H groups in total. The lowest BCUT2D eigenvalue weighted by Crippen LogP contribution is -2.54. The largest absolute Gasteiger partial charge is 0.381 e. The van der Waals surface area contributed by atoms with Gasteiger partial charge in [-0.05, 0) is 0 Å². The molecule has 1 unspecified atom stereocenters. The van der Waals surface area contributed by atoms with Crippen LogP contribution < -0.4 is 0 Å². The molecule has 0 aromatic rings. The molecule has 0 aliphatic carbocycles. The standard InChI is InChI=1S/C3H4NO2Si/c5-2-1-4(7)3(2)6/h2,5H,1H2. The number of aliphatic hydroxyl groups is 1. The van der Waals surface area contributed by atoms with Crippen LogP contribution in [0, 0.1) is 0 Å². The average Bonchev–Trinajstić information content (AvgIpc) is 1.68. The summed E-state index contributed by atoms with van der Waals surface area (Å²) in [6.07, 6.45) is -0.752. The van der Waals surface area contributed by atoms with Crippen LogP contribution in [0.4, 0.5) is 0 Å². The van der Waals surface area contributed by atoms with Crippen molar-refractivity contribution in [2.45, 2.75) is 6.10 Å². The number of carbonyl (C=O) groups is 1. The molecule has 1 heterocycles. The van der Waals surface area contributed by atoms with E-state index in [0.717, 1.165) is 0 Å². The van der Waals surface area contributed by atoms with Gasteiger partial charge in [-0.15, -0.1) is 0 Å². The van der Waals surface area contributed by atoms with Crippen molar-refractivity contribution in [2.24, 2.45) is 0 Å². The minimum absolute atomic E-state index is 0.253. The Morgan fingerprint density at radius 1 is 2.00 bits per heavy atom. The Bertz CT molecular complexity index is 95.1. The third kappa shape index (κ3) is 0.554. The van der Waals surface area contributed by atoms with E-state index in [0.29, 0.717) is 6.54 Å². The highest BCUT2D eigenvalue weighted by Gasteiger charge is 2.30. The molecular weight excluding hydrogens is 110 g/mol. The summed E-state index contributed by atoms with van der Waals surface area (Å²) in [6, 6.07) is 0. The van der Waals surface area contributed by atoms with Crippen molar-refractivity contribution in [2.75, 3.05) is 6.54 Å². The lowest BCUT2D eigenvalue weighted by atomic mass is 10.2. The van der Waals surface area contributed by atoms with Gasteiger partial charge in [0.25, 0.3) is 0 Å². The van der Waals surface area contributed by atoms with Gasteiger partial charge in [0, 0.05) is 6.54 Å². The predicted octanol–water partition coefficient (Wildman–Crippen LogP) is -1.73. The van der Waals surface area contributed by atoms with Crippen molar-refractivity contribution in [3.8, 4) is 0 Å². The van der Waals surface area contributed by atoms with Crippen molar-refractivity contribution in [1.82, 2.24) is 4.57 Å². The molecule has 1 aliphatic heterocycles. The van der Waals surface area contributed by atoms with Gasteiger partial charge in [0.1, 0.15) is 6.10 Å². The van der Waals surface area contributed by atoms with Crippen molar-refractivity contribution in [3.05, 3.63) is 0 Å². The molecule has 3 radical (unpaired) electrons. The fourth-order valence-corrected chi connectivity index (χ4v) is 0.730. The molecule has 37 valence electrons. The number of hydrogen-bond donors (Lipinski definition) is 1. The van der Waals surface area contributed by atoms with Gasteiger partial charge in [0.05, 0.1) is 0 Å². The Kier molecular flexibility index (Phi) is 0.898. The third-order valence-corrected chi connectivity index (χ3v) is 1.31. The van der Waals surface area contributed by atoms with Crippen LogP contribution in [-0.2, 0) is 4.79 Å². The highest BCUT2D eigenvalue weighted by atomic mass is 28.2. The molecule has 0 bridgehead atoms. The van der Waals surface area contributed by atoms with Crippen molar-refractivity contribution >= 4 is 16.3 Å². The predicted molar refractivity (Wildman–Crippen MR) is 23.5 cm³/mol. The van der Waals surface area contributed by atoms with Crippen LogP contribution in [-0.4, -0.2) is 38.6 Å². The van der Waals surface area contributed by atoms with Crippen molar-refractivity contribution < 1.29 is 9.90 Å². The van der Waals surface area contributed by atoms with Crippen LogP contribution in [0.15, 0.2) is 0 Å². The highest BCUT2D eigenvalue weighted by Crippen LogP contribution is 2.03. The zero-order valence-electron chi connectivity index (χ0n) is 3.59. The minimum atomic E-state index is -0.752. The number of amides is 1. The summed E-state index contributed by atoms with van der Waals surface area (Å²) in [5.74, 6) is -0.253. The number of rotatable bonds is 0. The Morgan fingerprint density at radius 2 is 2.57 bits per heavy atom. The topological polar surface area (TPSA) is 40.5 Å².